The number of hydrogen-bond acceptors (Lipinski definition) is 6. The van der Waals surface area contributed by atoms with Crippen molar-refractivity contribution in [2.75, 3.05) is 0 Å². The minimum Gasteiger partial charge on any atom is -0.332 e. The second kappa shape index (κ2) is 4.41. The molecular weight excluding hydrogens is 253 g/mol. The van der Waals surface area contributed by atoms with Gasteiger partial charge in [-0.15, -0.1) is 0 Å². The normalized spacial score (nSPS) is 10.6. The zero-order valence-electron chi connectivity index (χ0n) is 9.37. The maximum Gasteiger partial charge on any atom is 0.282 e. The lowest BCUT2D eigenvalue weighted by atomic mass is 10.3. The van der Waals surface area contributed by atoms with Crippen LogP contribution in [0.3, 0.4) is 0 Å². The summed E-state index contributed by atoms with van der Waals surface area (Å²) in [5, 5.41) is 3.67. The van der Waals surface area contributed by atoms with Crippen molar-refractivity contribution in [3.05, 3.63) is 46.9 Å². The summed E-state index contributed by atoms with van der Waals surface area (Å²) in [5.41, 5.74) is -0.0862. The Kier molecular flexibility index (Phi) is 2.60. The molecule has 8 heteroatoms. The highest BCUT2D eigenvalue weighted by Gasteiger charge is 2.15. The van der Waals surface area contributed by atoms with Gasteiger partial charge in [-0.05, 0) is 12.1 Å². The van der Waals surface area contributed by atoms with E-state index in [1.54, 1.807) is 0 Å². The highest BCUT2D eigenvalue weighted by molar-refractivity contribution is 5.53. The monoisotopic (exact) mass is 259 g/mol. The predicted molar refractivity (Wildman–Crippen MR) is 61.3 cm³/mol. The summed E-state index contributed by atoms with van der Waals surface area (Å²) in [6.07, 6.45) is 3.83. The van der Waals surface area contributed by atoms with Crippen LogP contribution < -0.4 is 5.56 Å². The smallest absolute Gasteiger partial charge is 0.282 e. The molecule has 0 aliphatic rings. The third kappa shape index (κ3) is 2.10. The van der Waals surface area contributed by atoms with Gasteiger partial charge in [-0.3, -0.25) is 4.79 Å². The average Bonchev–Trinajstić information content (AvgIpc) is 2.89. The van der Waals surface area contributed by atoms with Crippen molar-refractivity contribution in [3.63, 3.8) is 0 Å². The molecule has 7 nitrogen and oxygen atoms in total. The van der Waals surface area contributed by atoms with E-state index in [0.29, 0.717) is 5.69 Å². The van der Waals surface area contributed by atoms with E-state index in [9.17, 15) is 9.18 Å². The first kappa shape index (κ1) is 11.2. The van der Waals surface area contributed by atoms with Crippen molar-refractivity contribution in [2.45, 2.75) is 0 Å². The number of hydrogen-bond donors (Lipinski definition) is 1. The van der Waals surface area contributed by atoms with E-state index in [1.165, 1.54) is 24.5 Å². The van der Waals surface area contributed by atoms with Crippen LogP contribution in [0.2, 0.25) is 0 Å². The molecule has 0 unspecified atom stereocenters. The molecule has 0 saturated heterocycles. The maximum absolute atomic E-state index is 12.7. The van der Waals surface area contributed by atoms with E-state index in [2.05, 4.69) is 25.1 Å². The molecule has 0 aliphatic heterocycles. The number of nitrogens with one attached hydrogen (secondary N) is 1. The molecule has 0 atom stereocenters. The van der Waals surface area contributed by atoms with Crippen molar-refractivity contribution in [2.24, 2.45) is 0 Å². The van der Waals surface area contributed by atoms with Crippen LogP contribution in [-0.2, 0) is 0 Å². The summed E-state index contributed by atoms with van der Waals surface area (Å²) >= 11 is 0. The van der Waals surface area contributed by atoms with E-state index < -0.39 is 11.4 Å². The number of aromatic nitrogens is 5. The van der Waals surface area contributed by atoms with Crippen LogP contribution in [0.4, 0.5) is 4.39 Å². The van der Waals surface area contributed by atoms with Crippen LogP contribution in [0, 0.1) is 5.82 Å². The van der Waals surface area contributed by atoms with Crippen molar-refractivity contribution in [1.82, 2.24) is 25.1 Å². The summed E-state index contributed by atoms with van der Waals surface area (Å²) in [6, 6.07) is 2.64. The van der Waals surface area contributed by atoms with Gasteiger partial charge in [0.1, 0.15) is 11.5 Å². The lowest BCUT2D eigenvalue weighted by Gasteiger charge is -1.91. The fourth-order valence-corrected chi connectivity index (χ4v) is 1.44. The molecule has 19 heavy (non-hydrogen) atoms. The third-order valence-corrected chi connectivity index (χ3v) is 2.29. The van der Waals surface area contributed by atoms with E-state index in [-0.39, 0.29) is 17.4 Å². The molecule has 0 amide bonds. The van der Waals surface area contributed by atoms with Gasteiger partial charge in [0.25, 0.3) is 11.4 Å². The van der Waals surface area contributed by atoms with Gasteiger partial charge >= 0.3 is 0 Å². The molecule has 0 spiro atoms. The molecule has 0 radical (unpaired) electrons. The van der Waals surface area contributed by atoms with Gasteiger partial charge in [-0.2, -0.15) is 4.98 Å². The van der Waals surface area contributed by atoms with Gasteiger partial charge in [-0.25, -0.2) is 14.4 Å². The summed E-state index contributed by atoms with van der Waals surface area (Å²) in [4.78, 5) is 25.6. The fraction of sp³-hybridized carbons (Fsp3) is 0. The van der Waals surface area contributed by atoms with E-state index >= 15 is 0 Å². The lowest BCUT2D eigenvalue weighted by molar-refractivity contribution is 0.430. The molecule has 3 heterocycles. The number of aromatic amines is 1. The van der Waals surface area contributed by atoms with Crippen LogP contribution in [0.1, 0.15) is 0 Å². The van der Waals surface area contributed by atoms with Crippen LogP contribution >= 0.6 is 0 Å². The van der Waals surface area contributed by atoms with Gasteiger partial charge in [0.05, 0.1) is 6.20 Å². The summed E-state index contributed by atoms with van der Waals surface area (Å²) in [5.74, 6) is -0.336. The zero-order chi connectivity index (χ0) is 13.2. The summed E-state index contributed by atoms with van der Waals surface area (Å²) in [6.45, 7) is 0. The van der Waals surface area contributed by atoms with E-state index in [1.807, 2.05) is 0 Å². The largest absolute Gasteiger partial charge is 0.332 e. The molecular formula is C11H6FN5O2. The quantitative estimate of drug-likeness (QED) is 0.737. The topological polar surface area (TPSA) is 97.6 Å². The Morgan fingerprint density at radius 2 is 2.16 bits per heavy atom. The molecule has 3 aromatic rings. The van der Waals surface area contributed by atoms with Crippen molar-refractivity contribution in [1.29, 1.82) is 0 Å². The molecule has 0 bridgehead atoms. The number of H-pyrrole nitrogens is 1. The highest BCUT2D eigenvalue weighted by Crippen LogP contribution is 2.16. The first-order valence-electron chi connectivity index (χ1n) is 5.24. The van der Waals surface area contributed by atoms with Crippen LogP contribution in [0.25, 0.3) is 23.1 Å². The Bertz CT molecular complexity index is 765. The lowest BCUT2D eigenvalue weighted by Crippen LogP contribution is -2.09. The summed E-state index contributed by atoms with van der Waals surface area (Å²) < 4.78 is 17.7. The molecule has 3 aromatic heterocycles. The van der Waals surface area contributed by atoms with Gasteiger partial charge in [0.2, 0.25) is 5.82 Å². The van der Waals surface area contributed by atoms with Crippen LogP contribution in [0.5, 0.6) is 0 Å². The third-order valence-electron chi connectivity index (χ3n) is 2.29. The van der Waals surface area contributed by atoms with Gasteiger partial charge in [0, 0.05) is 12.4 Å². The van der Waals surface area contributed by atoms with Gasteiger partial charge in [0.15, 0.2) is 5.69 Å². The Hall–Kier alpha value is -2.90. The minimum atomic E-state index is -0.464. The summed E-state index contributed by atoms with van der Waals surface area (Å²) in [7, 11) is 0. The predicted octanol–water partition coefficient (Wildman–Crippen LogP) is 1.02. The maximum atomic E-state index is 12.7. The minimum absolute atomic E-state index is 0.0170. The molecule has 0 saturated carbocycles. The molecule has 0 aliphatic carbocycles. The first-order valence-corrected chi connectivity index (χ1v) is 5.24. The molecule has 94 valence electrons. The van der Waals surface area contributed by atoms with Crippen LogP contribution in [-0.4, -0.2) is 25.1 Å². The second-order valence-electron chi connectivity index (χ2n) is 3.55. The molecule has 0 fully saturated rings. The zero-order valence-corrected chi connectivity index (χ0v) is 9.37. The van der Waals surface area contributed by atoms with E-state index in [0.717, 1.165) is 6.20 Å². The Labute approximate surface area is 105 Å². The van der Waals surface area contributed by atoms with Crippen molar-refractivity contribution < 1.29 is 8.91 Å². The average molecular weight is 259 g/mol. The SMILES string of the molecule is O=c1[nH]ccnc1-c1nc(-c2ccc(F)cn2)no1. The first-order chi connectivity index (χ1) is 9.24. The molecule has 3 rings (SSSR count). The van der Waals surface area contributed by atoms with Gasteiger partial charge in [-0.1, -0.05) is 5.16 Å². The van der Waals surface area contributed by atoms with E-state index in [4.69, 9.17) is 4.52 Å². The number of rotatable bonds is 2. The van der Waals surface area contributed by atoms with Crippen molar-refractivity contribution in [3.8, 4) is 23.1 Å². The fourth-order valence-electron chi connectivity index (χ4n) is 1.44. The molecule has 1 N–H and O–H groups in total. The number of nitrogens with zero attached hydrogens (tertiary/aromatic N) is 4. The molecule has 0 aromatic carbocycles. The Morgan fingerprint density at radius 1 is 1.26 bits per heavy atom. The second-order valence-corrected chi connectivity index (χ2v) is 3.55. The number of pyridine rings is 1. The van der Waals surface area contributed by atoms with Gasteiger partial charge < -0.3 is 9.51 Å². The van der Waals surface area contributed by atoms with Crippen LogP contribution in [0.15, 0.2) is 40.0 Å². The highest BCUT2D eigenvalue weighted by atomic mass is 19.1. The standard InChI is InChI=1S/C11H6FN5O2/c12-6-1-2-7(15-5-6)9-16-11(19-17-9)8-10(18)14-4-3-13-8/h1-5H,(H,14,18). The number of halogens is 1. The Balaban J connectivity index is 2.02. The van der Waals surface area contributed by atoms with Crippen molar-refractivity contribution >= 4 is 0 Å². The Morgan fingerprint density at radius 3 is 2.89 bits per heavy atom.